The van der Waals surface area contributed by atoms with Crippen molar-refractivity contribution in [3.63, 3.8) is 0 Å². The molecule has 0 saturated carbocycles. The number of halogens is 1. The van der Waals surface area contributed by atoms with Gasteiger partial charge in [-0.15, -0.1) is 10.2 Å². The number of aryl methyl sites for hydroxylation is 1. The Bertz CT molecular complexity index is 1040. The van der Waals surface area contributed by atoms with Crippen molar-refractivity contribution in [3.8, 4) is 5.88 Å². The number of aromatic nitrogens is 1. The first-order valence-corrected chi connectivity index (χ1v) is 9.17. The summed E-state index contributed by atoms with van der Waals surface area (Å²) in [6, 6.07) is 13.9. The number of benzene rings is 2. The molecule has 0 fully saturated rings. The average Bonchev–Trinajstić information content (AvgIpc) is 2.96. The highest BCUT2D eigenvalue weighted by atomic mass is 35.5. The summed E-state index contributed by atoms with van der Waals surface area (Å²) in [5, 5.41) is 21.8. The van der Waals surface area contributed by atoms with Crippen LogP contribution in [0.25, 0.3) is 10.9 Å². The summed E-state index contributed by atoms with van der Waals surface area (Å²) in [4.78, 5) is 23.9. The summed E-state index contributed by atoms with van der Waals surface area (Å²) in [5.41, 5.74) is 1.47. The highest BCUT2D eigenvalue weighted by Crippen LogP contribution is 2.39. The number of carbonyl (C=O) groups is 2. The van der Waals surface area contributed by atoms with Crippen LogP contribution >= 0.6 is 11.6 Å². The van der Waals surface area contributed by atoms with Gasteiger partial charge in [-0.05, 0) is 37.3 Å². The van der Waals surface area contributed by atoms with E-state index in [-0.39, 0.29) is 30.4 Å². The van der Waals surface area contributed by atoms with Gasteiger partial charge in [0.15, 0.2) is 5.69 Å². The van der Waals surface area contributed by atoms with Crippen LogP contribution in [0.5, 0.6) is 5.88 Å². The van der Waals surface area contributed by atoms with Gasteiger partial charge in [0.05, 0.1) is 5.52 Å². The van der Waals surface area contributed by atoms with Crippen LogP contribution in [0.4, 0.5) is 5.69 Å². The van der Waals surface area contributed by atoms with Crippen LogP contribution in [0.2, 0.25) is 5.02 Å². The van der Waals surface area contributed by atoms with Crippen molar-refractivity contribution in [1.82, 2.24) is 9.88 Å². The van der Waals surface area contributed by atoms with E-state index in [0.29, 0.717) is 22.5 Å². The minimum atomic E-state index is -0.507. The first-order chi connectivity index (χ1) is 13.5. The number of nitrogens with zero attached hydrogens (tertiary/aromatic N) is 3. The van der Waals surface area contributed by atoms with Crippen molar-refractivity contribution in [3.05, 3.63) is 59.1 Å². The third-order valence-electron chi connectivity index (χ3n) is 4.21. The summed E-state index contributed by atoms with van der Waals surface area (Å²) < 4.78 is 1.66. The highest BCUT2D eigenvalue weighted by Gasteiger charge is 2.16. The van der Waals surface area contributed by atoms with Gasteiger partial charge in [0.25, 0.3) is 11.8 Å². The van der Waals surface area contributed by atoms with Crippen molar-refractivity contribution in [2.45, 2.75) is 19.9 Å². The molecule has 28 heavy (non-hydrogen) atoms. The minimum Gasteiger partial charge on any atom is -0.493 e. The molecular weight excluding hydrogens is 380 g/mol. The smallest absolute Gasteiger partial charge is 0.266 e. The molecule has 0 saturated heterocycles. The zero-order chi connectivity index (χ0) is 20.1. The lowest BCUT2D eigenvalue weighted by Crippen LogP contribution is -2.25. The molecule has 1 heterocycles. The average molecular weight is 399 g/mol. The van der Waals surface area contributed by atoms with Crippen LogP contribution in [0.3, 0.4) is 0 Å². The largest absolute Gasteiger partial charge is 0.493 e. The maximum atomic E-state index is 12.0. The van der Waals surface area contributed by atoms with E-state index in [0.717, 1.165) is 5.52 Å². The lowest BCUT2D eigenvalue weighted by molar-refractivity contribution is -0.118. The molecule has 0 unspecified atom stereocenters. The minimum absolute atomic E-state index is 0.00396. The molecule has 0 aliphatic heterocycles. The number of fused-ring (bicyclic) bond motifs is 1. The second-order valence-corrected chi connectivity index (χ2v) is 6.48. The third-order valence-corrected chi connectivity index (χ3v) is 4.45. The van der Waals surface area contributed by atoms with Gasteiger partial charge < -0.3 is 15.0 Å². The van der Waals surface area contributed by atoms with Gasteiger partial charge in [0.2, 0.25) is 5.88 Å². The maximum Gasteiger partial charge on any atom is 0.266 e. The molecule has 3 rings (SSSR count). The summed E-state index contributed by atoms with van der Waals surface area (Å²) in [5.74, 6) is -0.843. The van der Waals surface area contributed by atoms with Crippen molar-refractivity contribution in [2.24, 2.45) is 10.2 Å². The van der Waals surface area contributed by atoms with Gasteiger partial charge in [-0.2, -0.15) is 0 Å². The lowest BCUT2D eigenvalue weighted by atomic mass is 10.2. The number of azo groups is 1. The van der Waals surface area contributed by atoms with Crippen molar-refractivity contribution in [1.29, 1.82) is 0 Å². The Balaban J connectivity index is 1.67. The Morgan fingerprint density at radius 1 is 1.18 bits per heavy atom. The second kappa shape index (κ2) is 8.67. The number of amides is 2. The molecule has 0 aliphatic carbocycles. The van der Waals surface area contributed by atoms with E-state index in [4.69, 9.17) is 11.6 Å². The molecular formula is C20H19ClN4O3. The van der Waals surface area contributed by atoms with E-state index in [2.05, 4.69) is 15.5 Å². The normalized spacial score (nSPS) is 11.2. The molecule has 2 N–H and O–H groups in total. The molecule has 8 heteroatoms. The quantitative estimate of drug-likeness (QED) is 0.600. The van der Waals surface area contributed by atoms with E-state index in [9.17, 15) is 14.7 Å². The second-order valence-electron chi connectivity index (χ2n) is 6.04. The molecule has 0 spiro atoms. The molecule has 0 bridgehead atoms. The van der Waals surface area contributed by atoms with Crippen LogP contribution in [0.15, 0.2) is 58.8 Å². The van der Waals surface area contributed by atoms with Gasteiger partial charge in [0.1, 0.15) is 0 Å². The fourth-order valence-electron chi connectivity index (χ4n) is 2.84. The first kappa shape index (κ1) is 19.6. The van der Waals surface area contributed by atoms with E-state index >= 15 is 0 Å². The number of aromatic hydroxyl groups is 1. The van der Waals surface area contributed by atoms with E-state index in [1.54, 1.807) is 47.0 Å². The predicted octanol–water partition coefficient (Wildman–Crippen LogP) is 4.45. The van der Waals surface area contributed by atoms with Gasteiger partial charge in [0, 0.05) is 35.5 Å². The summed E-state index contributed by atoms with van der Waals surface area (Å²) in [6.45, 7) is 2.55. The fourth-order valence-corrected chi connectivity index (χ4v) is 3.02. The monoisotopic (exact) mass is 398 g/mol. The van der Waals surface area contributed by atoms with Crippen molar-refractivity contribution < 1.29 is 14.7 Å². The molecule has 7 nitrogen and oxygen atoms in total. The molecule has 3 aromatic rings. The van der Waals surface area contributed by atoms with E-state index < -0.39 is 5.91 Å². The van der Waals surface area contributed by atoms with Crippen LogP contribution in [-0.4, -0.2) is 28.0 Å². The molecule has 2 amide bonds. The summed E-state index contributed by atoms with van der Waals surface area (Å²) in [6.07, 6.45) is -0.00396. The zero-order valence-electron chi connectivity index (χ0n) is 15.2. The topological polar surface area (TPSA) is 96.0 Å². The van der Waals surface area contributed by atoms with Gasteiger partial charge in [-0.3, -0.25) is 9.59 Å². The zero-order valence-corrected chi connectivity index (χ0v) is 16.0. The molecule has 0 aliphatic rings. The van der Waals surface area contributed by atoms with Crippen LogP contribution in [-0.2, 0) is 11.3 Å². The molecule has 144 valence electrons. The fraction of sp³-hybridized carbons (Fsp3) is 0.200. The van der Waals surface area contributed by atoms with Gasteiger partial charge in [-0.25, -0.2) is 0 Å². The third kappa shape index (κ3) is 4.20. The Hall–Kier alpha value is -3.19. The maximum absolute atomic E-state index is 12.0. The molecule has 0 radical (unpaired) electrons. The Morgan fingerprint density at radius 2 is 1.93 bits per heavy atom. The number of carbonyl (C=O) groups excluding carboxylic acids is 2. The Morgan fingerprint density at radius 3 is 2.64 bits per heavy atom. The lowest BCUT2D eigenvalue weighted by Gasteiger charge is -2.02. The highest BCUT2D eigenvalue weighted by molar-refractivity contribution is 6.31. The van der Waals surface area contributed by atoms with Crippen LogP contribution in [0.1, 0.15) is 23.7 Å². The standard InChI is InChI=1S/C20H19ClN4O3/c1-2-25-16-9-8-14(21)12-15(16)18(20(25)28)24-23-17(26)10-11-22-19(27)13-6-4-3-5-7-13/h3-9,12,28H,2,10-11H2,1H3,(H,22,27). The van der Waals surface area contributed by atoms with Gasteiger partial charge >= 0.3 is 0 Å². The van der Waals surface area contributed by atoms with Crippen LogP contribution < -0.4 is 5.32 Å². The summed E-state index contributed by atoms with van der Waals surface area (Å²) >= 11 is 6.04. The molecule has 1 aromatic heterocycles. The van der Waals surface area contributed by atoms with E-state index in [1.807, 2.05) is 13.0 Å². The Labute approximate surface area is 166 Å². The van der Waals surface area contributed by atoms with Crippen LogP contribution in [0, 0.1) is 0 Å². The number of hydrogen-bond acceptors (Lipinski definition) is 4. The van der Waals surface area contributed by atoms with Crippen molar-refractivity contribution in [2.75, 3.05) is 6.54 Å². The summed E-state index contributed by atoms with van der Waals surface area (Å²) in [7, 11) is 0. The first-order valence-electron chi connectivity index (χ1n) is 8.79. The Kier molecular flexibility index (Phi) is 6.06. The van der Waals surface area contributed by atoms with E-state index in [1.165, 1.54) is 0 Å². The van der Waals surface area contributed by atoms with Crippen molar-refractivity contribution >= 4 is 40.0 Å². The number of nitrogens with one attached hydrogen (secondary N) is 1. The predicted molar refractivity (Wildman–Crippen MR) is 107 cm³/mol. The number of rotatable bonds is 6. The molecule has 2 aromatic carbocycles. The SMILES string of the molecule is CCn1c(O)c(N=NC(=O)CCNC(=O)c2ccccc2)c2cc(Cl)ccc21. The van der Waals surface area contributed by atoms with Gasteiger partial charge in [-0.1, -0.05) is 29.8 Å². The molecule has 0 atom stereocenters. The number of hydrogen-bond donors (Lipinski definition) is 2.